The Labute approximate surface area is 111 Å². The molecule has 1 aliphatic heterocycles. The van der Waals surface area contributed by atoms with Gasteiger partial charge in [0.15, 0.2) is 6.10 Å². The molecule has 1 aromatic carbocycles. The van der Waals surface area contributed by atoms with Gasteiger partial charge in [-0.05, 0) is 37.6 Å². The average Bonchev–Trinajstić information content (AvgIpc) is 2.69. The number of hydrogen-bond acceptors (Lipinski definition) is 5. The van der Waals surface area contributed by atoms with Crippen LogP contribution in [0.15, 0.2) is 23.1 Å². The van der Waals surface area contributed by atoms with Crippen molar-refractivity contribution in [3.05, 3.63) is 23.8 Å². The number of primary sulfonamides is 1. The number of ether oxygens (including phenoxy) is 2. The summed E-state index contributed by atoms with van der Waals surface area (Å²) < 4.78 is 33.0. The second-order valence-corrected chi connectivity index (χ2v) is 6.17. The summed E-state index contributed by atoms with van der Waals surface area (Å²) in [5.41, 5.74) is 0.636. The maximum absolute atomic E-state index is 11.7. The third-order valence-electron chi connectivity index (χ3n) is 2.65. The zero-order valence-electron chi connectivity index (χ0n) is 10.6. The van der Waals surface area contributed by atoms with Crippen LogP contribution >= 0.6 is 0 Å². The van der Waals surface area contributed by atoms with E-state index in [9.17, 15) is 13.2 Å². The van der Waals surface area contributed by atoms with E-state index in [1.165, 1.54) is 18.2 Å². The molecule has 0 bridgehead atoms. The maximum Gasteiger partial charge on any atom is 0.347 e. The van der Waals surface area contributed by atoms with Crippen molar-refractivity contribution in [2.24, 2.45) is 5.14 Å². The van der Waals surface area contributed by atoms with Gasteiger partial charge in [-0.3, -0.25) is 0 Å². The lowest BCUT2D eigenvalue weighted by Crippen LogP contribution is -2.29. The molecule has 104 valence electrons. The molecule has 0 amide bonds. The minimum absolute atomic E-state index is 0.00715. The van der Waals surface area contributed by atoms with Crippen molar-refractivity contribution < 1.29 is 22.7 Å². The van der Waals surface area contributed by atoms with Gasteiger partial charge in [0.05, 0.1) is 11.0 Å². The maximum atomic E-state index is 11.7. The van der Waals surface area contributed by atoms with Gasteiger partial charge in [0, 0.05) is 6.42 Å². The predicted molar refractivity (Wildman–Crippen MR) is 67.2 cm³/mol. The Bertz CT molecular complexity index is 609. The van der Waals surface area contributed by atoms with Gasteiger partial charge in [0.25, 0.3) is 0 Å². The first-order valence-electron chi connectivity index (χ1n) is 5.80. The molecule has 2 N–H and O–H groups in total. The predicted octanol–water partition coefficient (Wildman–Crippen LogP) is 0.589. The Morgan fingerprint density at radius 1 is 1.47 bits per heavy atom. The smallest absolute Gasteiger partial charge is 0.347 e. The molecule has 1 aliphatic rings. The summed E-state index contributed by atoms with van der Waals surface area (Å²) in [7, 11) is -3.75. The molecular formula is C12H15NO5S. The van der Waals surface area contributed by atoms with Crippen LogP contribution in [-0.2, 0) is 26.0 Å². The van der Waals surface area contributed by atoms with Gasteiger partial charge in [-0.2, -0.15) is 0 Å². The fourth-order valence-electron chi connectivity index (χ4n) is 1.84. The lowest BCUT2D eigenvalue weighted by molar-refractivity contribution is -0.154. The minimum Gasteiger partial charge on any atom is -0.478 e. The van der Waals surface area contributed by atoms with E-state index < -0.39 is 22.1 Å². The van der Waals surface area contributed by atoms with Gasteiger partial charge in [0.1, 0.15) is 5.75 Å². The fourth-order valence-corrected chi connectivity index (χ4v) is 2.41. The molecule has 19 heavy (non-hydrogen) atoms. The first-order chi connectivity index (χ1) is 8.77. The van der Waals surface area contributed by atoms with E-state index in [-0.39, 0.29) is 17.4 Å². The summed E-state index contributed by atoms with van der Waals surface area (Å²) in [5.74, 6) is 0.0291. The van der Waals surface area contributed by atoms with Crippen LogP contribution in [0, 0.1) is 0 Å². The van der Waals surface area contributed by atoms with Crippen LogP contribution in [-0.4, -0.2) is 26.6 Å². The molecule has 1 atom stereocenters. The third-order valence-corrected chi connectivity index (χ3v) is 3.56. The molecule has 2 rings (SSSR count). The standard InChI is InChI=1S/C12H15NO5S/c1-7(2)17-12(14)11-6-8-5-9(19(13,15)16)3-4-10(8)18-11/h3-5,7,11H,6H2,1-2H3,(H2,13,15,16). The highest BCUT2D eigenvalue weighted by atomic mass is 32.2. The van der Waals surface area contributed by atoms with E-state index in [0.717, 1.165) is 0 Å². The van der Waals surface area contributed by atoms with Crippen LogP contribution in [0.2, 0.25) is 0 Å². The fraction of sp³-hybridized carbons (Fsp3) is 0.417. The van der Waals surface area contributed by atoms with Crippen LogP contribution < -0.4 is 9.88 Å². The second-order valence-electron chi connectivity index (χ2n) is 4.61. The summed E-state index contributed by atoms with van der Waals surface area (Å²) in [6.45, 7) is 3.50. The number of carbonyl (C=O) groups excluding carboxylic acids is 1. The monoisotopic (exact) mass is 285 g/mol. The van der Waals surface area contributed by atoms with Gasteiger partial charge >= 0.3 is 5.97 Å². The molecule has 0 spiro atoms. The Kier molecular flexibility index (Phi) is 3.51. The molecule has 0 aliphatic carbocycles. The molecule has 1 aromatic rings. The molecule has 0 saturated carbocycles. The highest BCUT2D eigenvalue weighted by Gasteiger charge is 2.31. The topological polar surface area (TPSA) is 95.7 Å². The normalized spacial score (nSPS) is 18.0. The number of benzene rings is 1. The van der Waals surface area contributed by atoms with Crippen molar-refractivity contribution in [1.29, 1.82) is 0 Å². The molecular weight excluding hydrogens is 270 g/mol. The summed E-state index contributed by atoms with van der Waals surface area (Å²) in [6.07, 6.45) is -0.669. The van der Waals surface area contributed by atoms with Crippen LogP contribution in [0.25, 0.3) is 0 Å². The quantitative estimate of drug-likeness (QED) is 0.820. The average molecular weight is 285 g/mol. The minimum atomic E-state index is -3.75. The van der Waals surface area contributed by atoms with Crippen LogP contribution in [0.5, 0.6) is 5.75 Å². The highest BCUT2D eigenvalue weighted by molar-refractivity contribution is 7.89. The molecule has 7 heteroatoms. The Morgan fingerprint density at radius 3 is 2.74 bits per heavy atom. The van der Waals surface area contributed by atoms with Crippen molar-refractivity contribution in [2.45, 2.75) is 37.4 Å². The van der Waals surface area contributed by atoms with E-state index in [1.54, 1.807) is 13.8 Å². The molecule has 0 aromatic heterocycles. The van der Waals surface area contributed by atoms with E-state index in [4.69, 9.17) is 14.6 Å². The number of rotatable bonds is 3. The van der Waals surface area contributed by atoms with Crippen molar-refractivity contribution >= 4 is 16.0 Å². The summed E-state index contributed by atoms with van der Waals surface area (Å²) in [5, 5.41) is 5.05. The molecule has 0 fully saturated rings. The molecule has 0 saturated heterocycles. The van der Waals surface area contributed by atoms with E-state index in [1.807, 2.05) is 0 Å². The van der Waals surface area contributed by atoms with E-state index >= 15 is 0 Å². The van der Waals surface area contributed by atoms with Crippen molar-refractivity contribution in [3.8, 4) is 5.75 Å². The molecule has 0 radical (unpaired) electrons. The summed E-state index contributed by atoms with van der Waals surface area (Å²) in [6, 6.07) is 4.27. The van der Waals surface area contributed by atoms with Crippen LogP contribution in [0.3, 0.4) is 0 Å². The van der Waals surface area contributed by atoms with Crippen LogP contribution in [0.4, 0.5) is 0 Å². The van der Waals surface area contributed by atoms with Gasteiger partial charge < -0.3 is 9.47 Å². The van der Waals surface area contributed by atoms with Crippen molar-refractivity contribution in [3.63, 3.8) is 0 Å². The largest absolute Gasteiger partial charge is 0.478 e. The van der Waals surface area contributed by atoms with Gasteiger partial charge in [0.2, 0.25) is 10.0 Å². The highest BCUT2D eigenvalue weighted by Crippen LogP contribution is 2.31. The Balaban J connectivity index is 2.19. The number of sulfonamides is 1. The van der Waals surface area contributed by atoms with Crippen LogP contribution in [0.1, 0.15) is 19.4 Å². The first-order valence-corrected chi connectivity index (χ1v) is 7.35. The zero-order chi connectivity index (χ0) is 14.2. The van der Waals surface area contributed by atoms with Crippen molar-refractivity contribution in [2.75, 3.05) is 0 Å². The Hall–Kier alpha value is -1.60. The lowest BCUT2D eigenvalue weighted by atomic mass is 10.1. The summed E-state index contributed by atoms with van der Waals surface area (Å²) in [4.78, 5) is 11.7. The first kappa shape index (κ1) is 13.8. The van der Waals surface area contributed by atoms with Gasteiger partial charge in [-0.1, -0.05) is 0 Å². The number of carbonyl (C=O) groups is 1. The van der Waals surface area contributed by atoms with Gasteiger partial charge in [-0.25, -0.2) is 18.4 Å². The lowest BCUT2D eigenvalue weighted by Gasteiger charge is -2.12. The second kappa shape index (κ2) is 4.82. The van der Waals surface area contributed by atoms with E-state index in [0.29, 0.717) is 11.3 Å². The SMILES string of the molecule is CC(C)OC(=O)C1Cc2cc(S(N)(=O)=O)ccc2O1. The number of nitrogens with two attached hydrogens (primary N) is 1. The molecule has 1 unspecified atom stereocenters. The zero-order valence-corrected chi connectivity index (χ0v) is 11.4. The Morgan fingerprint density at radius 2 is 2.16 bits per heavy atom. The van der Waals surface area contributed by atoms with Crippen molar-refractivity contribution in [1.82, 2.24) is 0 Å². The van der Waals surface area contributed by atoms with Gasteiger partial charge in [-0.15, -0.1) is 0 Å². The number of hydrogen-bond donors (Lipinski definition) is 1. The molecule has 6 nitrogen and oxygen atoms in total. The number of esters is 1. The molecule has 1 heterocycles. The summed E-state index contributed by atoms with van der Waals surface area (Å²) >= 11 is 0. The third kappa shape index (κ3) is 3.05. The number of fused-ring (bicyclic) bond motifs is 1. The van der Waals surface area contributed by atoms with E-state index in [2.05, 4.69) is 0 Å².